The Balaban J connectivity index is 2.52. The number of halogens is 1. The van der Waals surface area contributed by atoms with Crippen LogP contribution in [-0.4, -0.2) is 16.1 Å². The summed E-state index contributed by atoms with van der Waals surface area (Å²) in [6.07, 6.45) is 0. The topological polar surface area (TPSA) is 63.3 Å². The van der Waals surface area contributed by atoms with Crippen LogP contribution in [0.4, 0.5) is 0 Å². The molecular weight excluding hydrogens is 274 g/mol. The number of rotatable bonds is 2. The van der Waals surface area contributed by atoms with Crippen LogP contribution in [0, 0.1) is 6.92 Å². The molecule has 0 aliphatic rings. The van der Waals surface area contributed by atoms with E-state index in [1.807, 2.05) is 24.3 Å². The minimum absolute atomic E-state index is 0.285. The number of hydrogen-bond donors (Lipinski definition) is 1. The number of oxazole rings is 1. The summed E-state index contributed by atoms with van der Waals surface area (Å²) in [5, 5.41) is 8.76. The van der Waals surface area contributed by atoms with Crippen LogP contribution < -0.4 is 0 Å². The van der Waals surface area contributed by atoms with Crippen molar-refractivity contribution >= 4 is 21.9 Å². The number of hydrogen-bond acceptors (Lipinski definition) is 3. The number of aryl methyl sites for hydroxylation is 1. The smallest absolute Gasteiger partial charge is 0.392 e. The van der Waals surface area contributed by atoms with Crippen molar-refractivity contribution in [2.24, 2.45) is 0 Å². The predicted molar refractivity (Wildman–Crippen MR) is 61.3 cm³/mol. The van der Waals surface area contributed by atoms with Gasteiger partial charge in [0.15, 0.2) is 5.76 Å². The highest BCUT2D eigenvalue weighted by Crippen LogP contribution is 2.26. The maximum Gasteiger partial charge on any atom is 0.392 e. The predicted octanol–water partition coefficient (Wildman–Crippen LogP) is 3.11. The lowest BCUT2D eigenvalue weighted by atomic mass is 10.1. The molecule has 2 rings (SSSR count). The lowest BCUT2D eigenvalue weighted by Crippen LogP contribution is -1.95. The third-order valence-corrected chi connectivity index (χ3v) is 2.56. The fourth-order valence-electron chi connectivity index (χ4n) is 1.39. The van der Waals surface area contributed by atoms with E-state index in [1.165, 1.54) is 0 Å². The second-order valence-electron chi connectivity index (χ2n) is 3.25. The molecule has 0 spiro atoms. The molecule has 0 unspecified atom stereocenters. The van der Waals surface area contributed by atoms with Crippen LogP contribution in [-0.2, 0) is 0 Å². The third-order valence-electron chi connectivity index (χ3n) is 2.07. The molecule has 1 aromatic carbocycles. The van der Waals surface area contributed by atoms with Crippen molar-refractivity contribution in [1.82, 2.24) is 4.98 Å². The number of aromatic nitrogens is 1. The van der Waals surface area contributed by atoms with E-state index >= 15 is 0 Å². The number of aromatic carboxylic acids is 1. The highest BCUT2D eigenvalue weighted by atomic mass is 79.9. The van der Waals surface area contributed by atoms with Crippen molar-refractivity contribution in [2.45, 2.75) is 6.92 Å². The van der Waals surface area contributed by atoms with E-state index in [4.69, 9.17) is 9.52 Å². The first kappa shape index (κ1) is 10.9. The zero-order valence-corrected chi connectivity index (χ0v) is 9.98. The highest BCUT2D eigenvalue weighted by molar-refractivity contribution is 9.10. The quantitative estimate of drug-likeness (QED) is 0.919. The summed E-state index contributed by atoms with van der Waals surface area (Å²) in [6, 6.07) is 7.41. The van der Waals surface area contributed by atoms with E-state index < -0.39 is 5.97 Å². The Morgan fingerprint density at radius 2 is 2.25 bits per heavy atom. The minimum atomic E-state index is -1.16. The Morgan fingerprint density at radius 3 is 2.81 bits per heavy atom. The summed E-state index contributed by atoms with van der Waals surface area (Å²) < 4.78 is 6.09. The van der Waals surface area contributed by atoms with E-state index in [0.29, 0.717) is 11.5 Å². The average Bonchev–Trinajstić information content (AvgIpc) is 2.60. The number of nitrogens with zero attached hydrogens (tertiary/aromatic N) is 1. The second kappa shape index (κ2) is 4.09. The molecule has 0 radical (unpaired) electrons. The van der Waals surface area contributed by atoms with Crippen molar-refractivity contribution in [1.29, 1.82) is 0 Å². The molecule has 82 valence electrons. The monoisotopic (exact) mass is 281 g/mol. The molecule has 5 heteroatoms. The molecule has 0 aliphatic heterocycles. The van der Waals surface area contributed by atoms with Gasteiger partial charge in [0.2, 0.25) is 0 Å². The molecule has 0 atom stereocenters. The zero-order valence-electron chi connectivity index (χ0n) is 8.40. The van der Waals surface area contributed by atoms with Crippen LogP contribution in [0.5, 0.6) is 0 Å². The van der Waals surface area contributed by atoms with Crippen LogP contribution in [0.25, 0.3) is 11.3 Å². The minimum Gasteiger partial charge on any atom is -0.474 e. The summed E-state index contributed by atoms with van der Waals surface area (Å²) in [4.78, 5) is 14.5. The van der Waals surface area contributed by atoms with E-state index in [2.05, 4.69) is 20.9 Å². The standard InChI is InChI=1S/C11H8BrNO3/c1-6-9(16-10(13-6)11(14)15)7-3-2-4-8(12)5-7/h2-5H,1H3,(H,14,15). The SMILES string of the molecule is Cc1nc(C(=O)O)oc1-c1cccc(Br)c1. The van der Waals surface area contributed by atoms with Crippen LogP contribution in [0.2, 0.25) is 0 Å². The van der Waals surface area contributed by atoms with Gasteiger partial charge in [0.05, 0.1) is 5.69 Å². The van der Waals surface area contributed by atoms with Gasteiger partial charge in [0, 0.05) is 10.0 Å². The fraction of sp³-hybridized carbons (Fsp3) is 0.0909. The molecule has 1 N–H and O–H groups in total. The Morgan fingerprint density at radius 1 is 1.50 bits per heavy atom. The largest absolute Gasteiger partial charge is 0.474 e. The van der Waals surface area contributed by atoms with Gasteiger partial charge in [-0.3, -0.25) is 0 Å². The van der Waals surface area contributed by atoms with Crippen molar-refractivity contribution in [3.63, 3.8) is 0 Å². The van der Waals surface area contributed by atoms with Crippen LogP contribution in [0.3, 0.4) is 0 Å². The van der Waals surface area contributed by atoms with Gasteiger partial charge in [-0.2, -0.15) is 0 Å². The number of carboxylic acids is 1. The number of carboxylic acid groups (broad SMARTS) is 1. The zero-order chi connectivity index (χ0) is 11.7. The maximum absolute atomic E-state index is 10.7. The highest BCUT2D eigenvalue weighted by Gasteiger charge is 2.16. The van der Waals surface area contributed by atoms with Crippen molar-refractivity contribution in [2.75, 3.05) is 0 Å². The first-order chi connectivity index (χ1) is 7.58. The normalized spacial score (nSPS) is 10.4. The van der Waals surface area contributed by atoms with E-state index in [0.717, 1.165) is 10.0 Å². The van der Waals surface area contributed by atoms with Gasteiger partial charge in [-0.15, -0.1) is 0 Å². The van der Waals surface area contributed by atoms with Gasteiger partial charge in [0.25, 0.3) is 0 Å². The van der Waals surface area contributed by atoms with Crippen molar-refractivity contribution in [3.05, 3.63) is 40.3 Å². The van der Waals surface area contributed by atoms with E-state index in [-0.39, 0.29) is 5.89 Å². The summed E-state index contributed by atoms with van der Waals surface area (Å²) in [7, 11) is 0. The lowest BCUT2D eigenvalue weighted by molar-refractivity contribution is 0.0654. The molecule has 0 saturated carbocycles. The summed E-state index contributed by atoms with van der Waals surface area (Å²) >= 11 is 3.34. The molecule has 2 aromatic rings. The second-order valence-corrected chi connectivity index (χ2v) is 4.16. The van der Waals surface area contributed by atoms with E-state index in [1.54, 1.807) is 6.92 Å². The molecule has 0 amide bonds. The number of benzene rings is 1. The Kier molecular flexibility index (Phi) is 2.78. The summed E-state index contributed by atoms with van der Waals surface area (Å²) in [5.41, 5.74) is 1.36. The molecule has 4 nitrogen and oxygen atoms in total. The molecular formula is C11H8BrNO3. The van der Waals surface area contributed by atoms with Gasteiger partial charge in [-0.25, -0.2) is 9.78 Å². The molecule has 1 aromatic heterocycles. The maximum atomic E-state index is 10.7. The first-order valence-electron chi connectivity index (χ1n) is 4.54. The molecule has 0 saturated heterocycles. The summed E-state index contributed by atoms with van der Waals surface area (Å²) in [5.74, 6) is -0.962. The van der Waals surface area contributed by atoms with Crippen LogP contribution >= 0.6 is 15.9 Å². The molecule has 0 bridgehead atoms. The van der Waals surface area contributed by atoms with Crippen molar-refractivity contribution < 1.29 is 14.3 Å². The molecule has 16 heavy (non-hydrogen) atoms. The molecule has 0 aliphatic carbocycles. The third kappa shape index (κ3) is 1.99. The average molecular weight is 282 g/mol. The fourth-order valence-corrected chi connectivity index (χ4v) is 1.78. The van der Waals surface area contributed by atoms with Gasteiger partial charge in [-0.05, 0) is 19.1 Å². The Bertz CT molecular complexity index is 548. The molecule has 1 heterocycles. The number of carbonyl (C=O) groups is 1. The van der Waals surface area contributed by atoms with Crippen molar-refractivity contribution in [3.8, 4) is 11.3 Å². The Hall–Kier alpha value is -1.62. The first-order valence-corrected chi connectivity index (χ1v) is 5.34. The lowest BCUT2D eigenvalue weighted by Gasteiger charge is -1.97. The summed E-state index contributed by atoms with van der Waals surface area (Å²) in [6.45, 7) is 1.71. The van der Waals surface area contributed by atoms with Gasteiger partial charge >= 0.3 is 11.9 Å². The van der Waals surface area contributed by atoms with Gasteiger partial charge < -0.3 is 9.52 Å². The van der Waals surface area contributed by atoms with Crippen LogP contribution in [0.15, 0.2) is 33.2 Å². The Labute approximate surface area is 100 Å². The van der Waals surface area contributed by atoms with Crippen LogP contribution in [0.1, 0.15) is 16.4 Å². The van der Waals surface area contributed by atoms with Gasteiger partial charge in [0.1, 0.15) is 0 Å². The molecule has 0 fully saturated rings. The van der Waals surface area contributed by atoms with Gasteiger partial charge in [-0.1, -0.05) is 28.1 Å². The van der Waals surface area contributed by atoms with E-state index in [9.17, 15) is 4.79 Å².